The summed E-state index contributed by atoms with van der Waals surface area (Å²) in [5.74, 6) is 0.587. The lowest BCUT2D eigenvalue weighted by Gasteiger charge is -2.40. The van der Waals surface area contributed by atoms with E-state index in [1.165, 1.54) is 0 Å². The van der Waals surface area contributed by atoms with Crippen molar-refractivity contribution in [2.75, 3.05) is 5.75 Å². The Bertz CT molecular complexity index is 580. The van der Waals surface area contributed by atoms with Crippen molar-refractivity contribution >= 4 is 27.7 Å². The number of aliphatic hydroxyl groups is 1. The van der Waals surface area contributed by atoms with Crippen LogP contribution in [-0.2, 0) is 5.60 Å². The zero-order chi connectivity index (χ0) is 15.5. The van der Waals surface area contributed by atoms with Gasteiger partial charge >= 0.3 is 0 Å². The molecule has 0 spiro atoms. The van der Waals surface area contributed by atoms with E-state index in [0.717, 1.165) is 14.9 Å². The number of thioether (sulfide) groups is 1. The molecule has 1 atom stereocenters. The largest absolute Gasteiger partial charge is 0.384 e. The summed E-state index contributed by atoms with van der Waals surface area (Å²) in [5.41, 5.74) is -0.348. The molecule has 112 valence electrons. The Morgan fingerprint density at radius 2 is 1.81 bits per heavy atom. The summed E-state index contributed by atoms with van der Waals surface area (Å²) in [6.07, 6.45) is 3.49. The van der Waals surface area contributed by atoms with Crippen LogP contribution in [0.15, 0.2) is 58.2 Å². The van der Waals surface area contributed by atoms with E-state index in [0.29, 0.717) is 5.75 Å². The Balaban J connectivity index is 2.24. The van der Waals surface area contributed by atoms with Gasteiger partial charge in [0, 0.05) is 33.1 Å². The minimum Gasteiger partial charge on any atom is -0.384 e. The highest BCUT2D eigenvalue weighted by Crippen LogP contribution is 2.42. The lowest BCUT2D eigenvalue weighted by molar-refractivity contribution is -0.0425. The average molecular weight is 366 g/mol. The zero-order valence-corrected chi connectivity index (χ0v) is 14.9. The van der Waals surface area contributed by atoms with Gasteiger partial charge in [-0.2, -0.15) is 0 Å². The van der Waals surface area contributed by atoms with Crippen LogP contribution in [0, 0.1) is 5.41 Å². The predicted molar refractivity (Wildman–Crippen MR) is 92.5 cm³/mol. The Hall–Kier alpha value is -0.840. The van der Waals surface area contributed by atoms with Crippen LogP contribution in [0.25, 0.3) is 0 Å². The van der Waals surface area contributed by atoms with E-state index >= 15 is 0 Å². The van der Waals surface area contributed by atoms with Crippen molar-refractivity contribution < 1.29 is 5.11 Å². The fraction of sp³-hybridized carbons (Fsp3) is 0.353. The molecule has 21 heavy (non-hydrogen) atoms. The smallest absolute Gasteiger partial charge is 0.105 e. The third-order valence-electron chi connectivity index (χ3n) is 3.64. The molecule has 2 rings (SSSR count). The van der Waals surface area contributed by atoms with Crippen LogP contribution in [0.1, 0.15) is 26.3 Å². The standard InChI is InChI=1S/C17H20BrNOS/c1-16(2,3)17(20,13-5-4-10-19-11-13)12-21-15-8-6-14(18)7-9-15/h4-11,20H,12H2,1-3H3. The Morgan fingerprint density at radius 1 is 1.14 bits per heavy atom. The van der Waals surface area contributed by atoms with Gasteiger partial charge in [-0.15, -0.1) is 11.8 Å². The normalized spacial score (nSPS) is 14.7. The second-order valence-corrected chi connectivity index (χ2v) is 8.06. The van der Waals surface area contributed by atoms with Crippen molar-refractivity contribution in [1.82, 2.24) is 4.98 Å². The number of hydrogen-bond donors (Lipinski definition) is 1. The molecule has 0 amide bonds. The molecule has 0 aliphatic rings. The van der Waals surface area contributed by atoms with Crippen LogP contribution in [0.5, 0.6) is 0 Å². The Kier molecular flexibility index (Phi) is 5.12. The minimum absolute atomic E-state index is 0.279. The Labute approximate surface area is 139 Å². The first-order valence-corrected chi connectivity index (χ1v) is 8.62. The summed E-state index contributed by atoms with van der Waals surface area (Å²) >= 11 is 5.10. The molecule has 1 heterocycles. The van der Waals surface area contributed by atoms with E-state index in [2.05, 4.69) is 53.8 Å². The van der Waals surface area contributed by atoms with Crippen molar-refractivity contribution in [2.45, 2.75) is 31.3 Å². The lowest BCUT2D eigenvalue weighted by Crippen LogP contribution is -2.42. The fourth-order valence-corrected chi connectivity index (χ4v) is 3.63. The van der Waals surface area contributed by atoms with Crippen LogP contribution < -0.4 is 0 Å². The summed E-state index contributed by atoms with van der Waals surface area (Å²) in [6, 6.07) is 12.0. The van der Waals surface area contributed by atoms with Crippen LogP contribution in [0.3, 0.4) is 0 Å². The van der Waals surface area contributed by atoms with Crippen molar-refractivity contribution in [3.05, 3.63) is 58.8 Å². The fourth-order valence-electron chi connectivity index (χ4n) is 2.06. The number of benzene rings is 1. The van der Waals surface area contributed by atoms with E-state index in [1.807, 2.05) is 24.3 Å². The quantitative estimate of drug-likeness (QED) is 0.784. The molecule has 0 aliphatic heterocycles. The number of hydrogen-bond acceptors (Lipinski definition) is 3. The first kappa shape index (κ1) is 16.5. The molecule has 1 N–H and O–H groups in total. The first-order valence-electron chi connectivity index (χ1n) is 6.84. The van der Waals surface area contributed by atoms with Crippen LogP contribution in [0.4, 0.5) is 0 Å². The summed E-state index contributed by atoms with van der Waals surface area (Å²) in [5, 5.41) is 11.3. The summed E-state index contributed by atoms with van der Waals surface area (Å²) in [7, 11) is 0. The molecule has 1 aromatic heterocycles. The van der Waals surface area contributed by atoms with Gasteiger partial charge in [0.1, 0.15) is 5.60 Å². The average Bonchev–Trinajstić information content (AvgIpc) is 2.46. The SMILES string of the molecule is CC(C)(C)C(O)(CSc1ccc(Br)cc1)c1cccnc1. The van der Waals surface area contributed by atoms with Gasteiger partial charge in [0.2, 0.25) is 0 Å². The van der Waals surface area contributed by atoms with Crippen molar-refractivity contribution in [3.63, 3.8) is 0 Å². The van der Waals surface area contributed by atoms with E-state index < -0.39 is 5.60 Å². The highest BCUT2D eigenvalue weighted by Gasteiger charge is 2.41. The van der Waals surface area contributed by atoms with Gasteiger partial charge < -0.3 is 5.11 Å². The molecule has 0 bridgehead atoms. The highest BCUT2D eigenvalue weighted by atomic mass is 79.9. The van der Waals surface area contributed by atoms with Gasteiger partial charge in [-0.1, -0.05) is 42.8 Å². The second-order valence-electron chi connectivity index (χ2n) is 6.09. The van der Waals surface area contributed by atoms with Crippen molar-refractivity contribution in [3.8, 4) is 0 Å². The molecular weight excluding hydrogens is 346 g/mol. The molecule has 2 nitrogen and oxygen atoms in total. The maximum Gasteiger partial charge on any atom is 0.105 e. The van der Waals surface area contributed by atoms with E-state index in [1.54, 1.807) is 24.2 Å². The number of aromatic nitrogens is 1. The molecule has 0 saturated carbocycles. The maximum absolute atomic E-state index is 11.3. The molecule has 2 aromatic rings. The summed E-state index contributed by atoms with van der Waals surface area (Å²) in [6.45, 7) is 6.17. The molecular formula is C17H20BrNOS. The van der Waals surface area contributed by atoms with Crippen molar-refractivity contribution in [2.24, 2.45) is 5.41 Å². The van der Waals surface area contributed by atoms with Gasteiger partial charge in [0.25, 0.3) is 0 Å². The Morgan fingerprint density at radius 3 is 2.33 bits per heavy atom. The van der Waals surface area contributed by atoms with E-state index in [9.17, 15) is 5.11 Å². The highest BCUT2D eigenvalue weighted by molar-refractivity contribution is 9.10. The predicted octanol–water partition coefficient (Wildman–Crippen LogP) is 4.87. The number of halogens is 1. The third kappa shape index (κ3) is 3.87. The number of nitrogens with zero attached hydrogens (tertiary/aromatic N) is 1. The maximum atomic E-state index is 11.3. The molecule has 0 radical (unpaired) electrons. The monoisotopic (exact) mass is 365 g/mol. The van der Waals surface area contributed by atoms with E-state index in [-0.39, 0.29) is 5.41 Å². The van der Waals surface area contributed by atoms with Gasteiger partial charge in [-0.25, -0.2) is 0 Å². The van der Waals surface area contributed by atoms with Crippen LogP contribution in [-0.4, -0.2) is 15.8 Å². The third-order valence-corrected chi connectivity index (χ3v) is 5.34. The van der Waals surface area contributed by atoms with Gasteiger partial charge in [-0.3, -0.25) is 4.98 Å². The molecule has 1 aromatic carbocycles. The van der Waals surface area contributed by atoms with Gasteiger partial charge in [0.15, 0.2) is 0 Å². The summed E-state index contributed by atoms with van der Waals surface area (Å²) < 4.78 is 1.06. The number of pyridine rings is 1. The first-order chi connectivity index (χ1) is 9.83. The summed E-state index contributed by atoms with van der Waals surface area (Å²) in [4.78, 5) is 5.30. The zero-order valence-electron chi connectivity index (χ0n) is 12.5. The van der Waals surface area contributed by atoms with Crippen molar-refractivity contribution in [1.29, 1.82) is 0 Å². The molecule has 0 aliphatic carbocycles. The van der Waals surface area contributed by atoms with E-state index in [4.69, 9.17) is 0 Å². The molecule has 0 saturated heterocycles. The van der Waals surface area contributed by atoms with Gasteiger partial charge in [-0.05, 0) is 35.7 Å². The van der Waals surface area contributed by atoms with Gasteiger partial charge in [0.05, 0.1) is 0 Å². The molecule has 0 fully saturated rings. The topological polar surface area (TPSA) is 33.1 Å². The van der Waals surface area contributed by atoms with Crippen LogP contribution in [0.2, 0.25) is 0 Å². The second kappa shape index (κ2) is 6.51. The lowest BCUT2D eigenvalue weighted by atomic mass is 9.74. The minimum atomic E-state index is -0.932. The van der Waals surface area contributed by atoms with Crippen LogP contribution >= 0.6 is 27.7 Å². The molecule has 1 unspecified atom stereocenters. The molecule has 4 heteroatoms. The number of rotatable bonds is 4.